The van der Waals surface area contributed by atoms with Crippen LogP contribution in [0.4, 0.5) is 5.69 Å². The van der Waals surface area contributed by atoms with Crippen molar-refractivity contribution in [3.63, 3.8) is 0 Å². The van der Waals surface area contributed by atoms with Gasteiger partial charge < -0.3 is 10.2 Å². The Hall–Kier alpha value is -2.42. The maximum Gasteiger partial charge on any atom is 0.251 e. The third-order valence-electron chi connectivity index (χ3n) is 6.38. The van der Waals surface area contributed by atoms with E-state index >= 15 is 0 Å². The molecule has 0 aliphatic carbocycles. The zero-order valence-corrected chi connectivity index (χ0v) is 19.5. The first-order valence-electron chi connectivity index (χ1n) is 11.4. The van der Waals surface area contributed by atoms with Crippen LogP contribution in [-0.2, 0) is 23.1 Å². The van der Waals surface area contributed by atoms with Crippen LogP contribution in [0.2, 0.25) is 0 Å². The van der Waals surface area contributed by atoms with Crippen molar-refractivity contribution >= 4 is 21.6 Å². The van der Waals surface area contributed by atoms with E-state index in [-0.39, 0.29) is 11.7 Å². The second-order valence-corrected chi connectivity index (χ2v) is 10.5. The van der Waals surface area contributed by atoms with Gasteiger partial charge in [0.2, 0.25) is 10.0 Å². The molecule has 2 aromatic rings. The molecule has 2 heterocycles. The fraction of sp³-hybridized carbons (Fsp3) is 0.458. The molecule has 0 spiro atoms. The number of piperazine rings is 1. The average molecular weight is 457 g/mol. The number of hydrogen-bond donors (Lipinski definition) is 1. The summed E-state index contributed by atoms with van der Waals surface area (Å²) in [5.74, 6) is 0.0235. The van der Waals surface area contributed by atoms with Crippen molar-refractivity contribution in [2.24, 2.45) is 0 Å². The Kier molecular flexibility index (Phi) is 7.13. The maximum absolute atomic E-state index is 12.7. The summed E-state index contributed by atoms with van der Waals surface area (Å²) in [5, 5.41) is 3.02. The van der Waals surface area contributed by atoms with Crippen molar-refractivity contribution in [3.8, 4) is 0 Å². The Morgan fingerprint density at radius 1 is 0.906 bits per heavy atom. The van der Waals surface area contributed by atoms with Gasteiger partial charge in [-0.1, -0.05) is 31.2 Å². The number of sulfonamides is 1. The molecular formula is C24H32N4O3S. The van der Waals surface area contributed by atoms with Crippen molar-refractivity contribution in [2.75, 3.05) is 49.3 Å². The van der Waals surface area contributed by atoms with Crippen molar-refractivity contribution < 1.29 is 13.2 Å². The van der Waals surface area contributed by atoms with E-state index in [4.69, 9.17) is 0 Å². The SMILES string of the molecule is CCN1CCN(Cc2ccccc2CNC(=O)c2ccc(N3CCCS3(=O)=O)cc2)CC1. The van der Waals surface area contributed by atoms with Gasteiger partial charge in [0.05, 0.1) is 11.4 Å². The van der Waals surface area contributed by atoms with Gasteiger partial charge in [0.1, 0.15) is 0 Å². The van der Waals surface area contributed by atoms with E-state index < -0.39 is 10.0 Å². The molecule has 2 fully saturated rings. The van der Waals surface area contributed by atoms with E-state index in [1.165, 1.54) is 9.87 Å². The smallest absolute Gasteiger partial charge is 0.251 e. The number of anilines is 1. The Bertz CT molecular complexity index is 1030. The van der Waals surface area contributed by atoms with E-state index in [2.05, 4.69) is 34.2 Å². The highest BCUT2D eigenvalue weighted by molar-refractivity contribution is 7.93. The van der Waals surface area contributed by atoms with E-state index in [0.717, 1.165) is 44.8 Å². The second kappa shape index (κ2) is 10.0. The van der Waals surface area contributed by atoms with Crippen LogP contribution in [0.1, 0.15) is 34.8 Å². The highest BCUT2D eigenvalue weighted by atomic mass is 32.2. The number of nitrogens with one attached hydrogen (secondary N) is 1. The van der Waals surface area contributed by atoms with E-state index in [0.29, 0.717) is 30.8 Å². The van der Waals surface area contributed by atoms with Crippen molar-refractivity contribution in [2.45, 2.75) is 26.4 Å². The zero-order chi connectivity index (χ0) is 22.6. The number of likely N-dealkylation sites (N-methyl/N-ethyl adjacent to an activating group) is 1. The maximum atomic E-state index is 12.7. The lowest BCUT2D eigenvalue weighted by Gasteiger charge is -2.34. The van der Waals surface area contributed by atoms with Gasteiger partial charge in [-0.15, -0.1) is 0 Å². The molecule has 32 heavy (non-hydrogen) atoms. The molecule has 0 saturated carbocycles. The fourth-order valence-electron chi connectivity index (χ4n) is 4.37. The summed E-state index contributed by atoms with van der Waals surface area (Å²) in [7, 11) is -3.22. The van der Waals surface area contributed by atoms with Gasteiger partial charge in [0, 0.05) is 51.4 Å². The van der Waals surface area contributed by atoms with E-state index in [1.807, 2.05) is 12.1 Å². The van der Waals surface area contributed by atoms with E-state index in [9.17, 15) is 13.2 Å². The molecule has 172 valence electrons. The molecular weight excluding hydrogens is 424 g/mol. The third kappa shape index (κ3) is 5.31. The Labute approximate surface area is 191 Å². The van der Waals surface area contributed by atoms with Gasteiger partial charge in [-0.3, -0.25) is 14.0 Å². The fourth-order valence-corrected chi connectivity index (χ4v) is 5.94. The molecule has 0 unspecified atom stereocenters. The summed E-state index contributed by atoms with van der Waals surface area (Å²) in [6.07, 6.45) is 0.637. The minimum absolute atomic E-state index is 0.160. The van der Waals surface area contributed by atoms with Crippen LogP contribution in [0.5, 0.6) is 0 Å². The van der Waals surface area contributed by atoms with Gasteiger partial charge >= 0.3 is 0 Å². The number of nitrogens with zero attached hydrogens (tertiary/aromatic N) is 3. The highest BCUT2D eigenvalue weighted by Crippen LogP contribution is 2.24. The predicted molar refractivity (Wildman–Crippen MR) is 127 cm³/mol. The summed E-state index contributed by atoms with van der Waals surface area (Å²) in [4.78, 5) is 17.6. The quantitative estimate of drug-likeness (QED) is 0.692. The molecule has 4 rings (SSSR count). The summed E-state index contributed by atoms with van der Waals surface area (Å²) < 4.78 is 25.6. The van der Waals surface area contributed by atoms with Crippen molar-refractivity contribution in [1.82, 2.24) is 15.1 Å². The molecule has 0 bridgehead atoms. The van der Waals surface area contributed by atoms with Crippen LogP contribution >= 0.6 is 0 Å². The molecule has 7 nitrogen and oxygen atoms in total. The standard InChI is InChI=1S/C24H32N4O3S/c1-2-26-13-15-27(16-14-26)19-22-7-4-3-6-21(22)18-25-24(29)20-8-10-23(11-9-20)28-12-5-17-32(28,30)31/h3-4,6-11H,2,5,12-19H2,1H3,(H,25,29). The summed E-state index contributed by atoms with van der Waals surface area (Å²) in [6, 6.07) is 15.1. The Balaban J connectivity index is 1.35. The number of rotatable bonds is 7. The van der Waals surface area contributed by atoms with Crippen LogP contribution in [0.3, 0.4) is 0 Å². The van der Waals surface area contributed by atoms with Crippen LogP contribution in [0, 0.1) is 0 Å². The molecule has 2 aliphatic rings. The Morgan fingerprint density at radius 2 is 1.56 bits per heavy atom. The van der Waals surface area contributed by atoms with Gasteiger partial charge in [0.15, 0.2) is 0 Å². The molecule has 2 saturated heterocycles. The number of benzene rings is 2. The lowest BCUT2D eigenvalue weighted by Crippen LogP contribution is -2.45. The molecule has 0 radical (unpaired) electrons. The minimum Gasteiger partial charge on any atom is -0.348 e. The first kappa shape index (κ1) is 22.8. The number of carbonyl (C=O) groups is 1. The van der Waals surface area contributed by atoms with E-state index in [1.54, 1.807) is 24.3 Å². The first-order chi connectivity index (χ1) is 15.5. The molecule has 8 heteroatoms. The molecule has 1 amide bonds. The van der Waals surface area contributed by atoms with Crippen LogP contribution < -0.4 is 9.62 Å². The monoisotopic (exact) mass is 456 g/mol. The summed E-state index contributed by atoms with van der Waals surface area (Å²) in [5.41, 5.74) is 3.51. The normalized spacial score (nSPS) is 19.2. The number of carbonyl (C=O) groups excluding carboxylic acids is 1. The van der Waals surface area contributed by atoms with Gasteiger partial charge in [-0.2, -0.15) is 0 Å². The van der Waals surface area contributed by atoms with Crippen LogP contribution in [0.15, 0.2) is 48.5 Å². The lowest BCUT2D eigenvalue weighted by atomic mass is 10.1. The van der Waals surface area contributed by atoms with Crippen LogP contribution in [0.25, 0.3) is 0 Å². The van der Waals surface area contributed by atoms with Gasteiger partial charge in [-0.05, 0) is 48.4 Å². The number of amides is 1. The van der Waals surface area contributed by atoms with Crippen LogP contribution in [-0.4, -0.2) is 69.1 Å². The molecule has 2 aliphatic heterocycles. The minimum atomic E-state index is -3.22. The largest absolute Gasteiger partial charge is 0.348 e. The number of hydrogen-bond acceptors (Lipinski definition) is 5. The van der Waals surface area contributed by atoms with Crippen molar-refractivity contribution in [1.29, 1.82) is 0 Å². The molecule has 0 aromatic heterocycles. The van der Waals surface area contributed by atoms with Gasteiger partial charge in [-0.25, -0.2) is 8.42 Å². The lowest BCUT2D eigenvalue weighted by molar-refractivity contribution is 0.0950. The summed E-state index contributed by atoms with van der Waals surface area (Å²) in [6.45, 7) is 9.49. The third-order valence-corrected chi connectivity index (χ3v) is 8.25. The highest BCUT2D eigenvalue weighted by Gasteiger charge is 2.28. The summed E-state index contributed by atoms with van der Waals surface area (Å²) >= 11 is 0. The predicted octanol–water partition coefficient (Wildman–Crippen LogP) is 2.29. The molecule has 0 atom stereocenters. The average Bonchev–Trinajstić information content (AvgIpc) is 3.17. The topological polar surface area (TPSA) is 73.0 Å². The first-order valence-corrected chi connectivity index (χ1v) is 13.0. The van der Waals surface area contributed by atoms with Gasteiger partial charge in [0.25, 0.3) is 5.91 Å². The molecule has 2 aromatic carbocycles. The van der Waals surface area contributed by atoms with Crippen molar-refractivity contribution in [3.05, 3.63) is 65.2 Å². The molecule has 1 N–H and O–H groups in total. The Morgan fingerprint density at radius 3 is 2.19 bits per heavy atom. The second-order valence-electron chi connectivity index (χ2n) is 8.45. The zero-order valence-electron chi connectivity index (χ0n) is 18.7.